The van der Waals surface area contributed by atoms with E-state index < -0.39 is 0 Å². The minimum absolute atomic E-state index is 0.582. The highest BCUT2D eigenvalue weighted by Crippen LogP contribution is 2.22. The molecule has 0 spiro atoms. The van der Waals surface area contributed by atoms with Crippen LogP contribution in [0.4, 0.5) is 5.69 Å². The number of hydrogen-bond acceptors (Lipinski definition) is 3. The fraction of sp³-hybridized carbons (Fsp3) is 0.722. The summed E-state index contributed by atoms with van der Waals surface area (Å²) in [7, 11) is 1.92. The average molecular weight is 293 g/mol. The van der Waals surface area contributed by atoms with Gasteiger partial charge in [-0.2, -0.15) is 0 Å². The third-order valence-corrected chi connectivity index (χ3v) is 3.68. The van der Waals surface area contributed by atoms with Gasteiger partial charge < -0.3 is 11.1 Å². The van der Waals surface area contributed by atoms with Gasteiger partial charge in [0.25, 0.3) is 0 Å². The zero-order valence-corrected chi connectivity index (χ0v) is 14.8. The van der Waals surface area contributed by atoms with Crippen molar-refractivity contribution < 1.29 is 0 Å². The van der Waals surface area contributed by atoms with Crippen molar-refractivity contribution in [2.24, 2.45) is 5.73 Å². The predicted octanol–water partition coefficient (Wildman–Crippen LogP) is 4.82. The maximum atomic E-state index is 5.80. The zero-order chi connectivity index (χ0) is 16.1. The van der Waals surface area contributed by atoms with Crippen molar-refractivity contribution in [2.45, 2.75) is 79.2 Å². The maximum Gasteiger partial charge on any atom is 0.0607 e. The first-order chi connectivity index (χ1) is 10.2. The molecule has 0 aromatic carbocycles. The molecule has 0 aliphatic rings. The number of nitrogens with one attached hydrogen (secondary N) is 1. The molecule has 0 saturated heterocycles. The van der Waals surface area contributed by atoms with E-state index in [0.29, 0.717) is 6.54 Å². The number of rotatable bonds is 8. The van der Waals surface area contributed by atoms with Crippen LogP contribution in [0.3, 0.4) is 0 Å². The molecule has 3 N–H and O–H groups in total. The minimum Gasteiger partial charge on any atom is -0.386 e. The number of aryl methyl sites for hydroxylation is 2. The van der Waals surface area contributed by atoms with E-state index in [1.165, 1.54) is 49.7 Å². The Morgan fingerprint density at radius 2 is 1.62 bits per heavy atom. The monoisotopic (exact) mass is 293 g/mol. The van der Waals surface area contributed by atoms with Crippen molar-refractivity contribution >= 4 is 5.69 Å². The van der Waals surface area contributed by atoms with Crippen LogP contribution in [0.5, 0.6) is 0 Å². The molecule has 3 heteroatoms. The Labute approximate surface area is 131 Å². The van der Waals surface area contributed by atoms with Crippen molar-refractivity contribution in [1.29, 1.82) is 0 Å². The van der Waals surface area contributed by atoms with E-state index in [0.717, 1.165) is 17.8 Å². The first-order valence-electron chi connectivity index (χ1n) is 8.51. The van der Waals surface area contributed by atoms with Gasteiger partial charge >= 0.3 is 0 Å². The number of nitrogens with zero attached hydrogens (tertiary/aromatic N) is 1. The van der Waals surface area contributed by atoms with Gasteiger partial charge in [0, 0.05) is 19.8 Å². The van der Waals surface area contributed by atoms with Gasteiger partial charge in [-0.15, -0.1) is 0 Å². The molecule has 1 aromatic heterocycles. The molecular formula is C18H35N3. The van der Waals surface area contributed by atoms with Gasteiger partial charge in [0.2, 0.25) is 0 Å². The standard InChI is InChI=1S/C12H21N3.C6H14/c1-4-5-6-10-8-15-9(2)12(14-3)11(10)7-13;1-3-5-6-4-2/h8,14H,4-7,13H2,1-3H3;3-6H2,1-2H3. The smallest absolute Gasteiger partial charge is 0.0607 e. The van der Waals surface area contributed by atoms with Crippen LogP contribution in [0.15, 0.2) is 6.20 Å². The Morgan fingerprint density at radius 3 is 2.05 bits per heavy atom. The molecule has 0 saturated carbocycles. The first kappa shape index (κ1) is 19.9. The lowest BCUT2D eigenvalue weighted by Crippen LogP contribution is -2.09. The minimum atomic E-state index is 0.582. The highest BCUT2D eigenvalue weighted by atomic mass is 14.9. The van der Waals surface area contributed by atoms with E-state index in [9.17, 15) is 0 Å². The fourth-order valence-corrected chi connectivity index (χ4v) is 2.34. The van der Waals surface area contributed by atoms with Crippen molar-refractivity contribution in [3.05, 3.63) is 23.0 Å². The quantitative estimate of drug-likeness (QED) is 0.676. The molecule has 1 rings (SSSR count). The van der Waals surface area contributed by atoms with Crippen LogP contribution in [0.1, 0.15) is 76.1 Å². The highest BCUT2D eigenvalue weighted by Gasteiger charge is 2.09. The fourth-order valence-electron chi connectivity index (χ4n) is 2.34. The molecule has 0 fully saturated rings. The van der Waals surface area contributed by atoms with Gasteiger partial charge in [-0.05, 0) is 30.9 Å². The summed E-state index contributed by atoms with van der Waals surface area (Å²) in [6.07, 6.45) is 11.0. The lowest BCUT2D eigenvalue weighted by molar-refractivity contribution is 0.702. The van der Waals surface area contributed by atoms with E-state index >= 15 is 0 Å². The van der Waals surface area contributed by atoms with E-state index in [1.807, 2.05) is 20.2 Å². The van der Waals surface area contributed by atoms with Crippen molar-refractivity contribution in [1.82, 2.24) is 4.98 Å². The maximum absolute atomic E-state index is 5.80. The normalized spacial score (nSPS) is 10.0. The highest BCUT2D eigenvalue weighted by molar-refractivity contribution is 5.56. The molecule has 0 unspecified atom stereocenters. The lowest BCUT2D eigenvalue weighted by Gasteiger charge is -2.14. The third-order valence-electron chi connectivity index (χ3n) is 3.68. The van der Waals surface area contributed by atoms with Gasteiger partial charge in [0.15, 0.2) is 0 Å². The molecule has 0 atom stereocenters. The van der Waals surface area contributed by atoms with Crippen LogP contribution in [-0.2, 0) is 13.0 Å². The summed E-state index contributed by atoms with van der Waals surface area (Å²) in [4.78, 5) is 4.39. The second kappa shape index (κ2) is 12.6. The van der Waals surface area contributed by atoms with Crippen molar-refractivity contribution in [2.75, 3.05) is 12.4 Å². The first-order valence-corrected chi connectivity index (χ1v) is 8.51. The van der Waals surface area contributed by atoms with Crippen LogP contribution >= 0.6 is 0 Å². The van der Waals surface area contributed by atoms with Crippen molar-refractivity contribution in [3.63, 3.8) is 0 Å². The number of aromatic nitrogens is 1. The Bertz CT molecular complexity index is 371. The lowest BCUT2D eigenvalue weighted by atomic mass is 10.0. The van der Waals surface area contributed by atoms with E-state index in [1.54, 1.807) is 0 Å². The third kappa shape index (κ3) is 7.47. The number of nitrogens with two attached hydrogens (primary N) is 1. The summed E-state index contributed by atoms with van der Waals surface area (Å²) in [5.74, 6) is 0. The molecular weight excluding hydrogens is 258 g/mol. The van der Waals surface area contributed by atoms with Gasteiger partial charge in [0.05, 0.1) is 11.4 Å². The number of unbranched alkanes of at least 4 members (excludes halogenated alkanes) is 4. The second-order valence-electron chi connectivity index (χ2n) is 5.49. The Kier molecular flexibility index (Phi) is 12.0. The average Bonchev–Trinajstić information content (AvgIpc) is 2.51. The summed E-state index contributed by atoms with van der Waals surface area (Å²) in [6, 6.07) is 0. The number of pyridine rings is 1. The second-order valence-corrected chi connectivity index (χ2v) is 5.49. The largest absolute Gasteiger partial charge is 0.386 e. The summed E-state index contributed by atoms with van der Waals surface area (Å²) in [6.45, 7) is 9.25. The van der Waals surface area contributed by atoms with Crippen LogP contribution in [0.2, 0.25) is 0 Å². The zero-order valence-electron chi connectivity index (χ0n) is 14.8. The summed E-state index contributed by atoms with van der Waals surface area (Å²) >= 11 is 0. The molecule has 122 valence electrons. The molecule has 0 amide bonds. The molecule has 0 radical (unpaired) electrons. The van der Waals surface area contributed by atoms with Crippen LogP contribution in [0, 0.1) is 6.92 Å². The molecule has 1 aromatic rings. The summed E-state index contributed by atoms with van der Waals surface area (Å²) in [5.41, 5.74) is 10.4. The topological polar surface area (TPSA) is 50.9 Å². The molecule has 3 nitrogen and oxygen atoms in total. The number of hydrogen-bond donors (Lipinski definition) is 2. The van der Waals surface area contributed by atoms with E-state index in [-0.39, 0.29) is 0 Å². The Hall–Kier alpha value is -1.09. The van der Waals surface area contributed by atoms with Gasteiger partial charge in [-0.3, -0.25) is 4.98 Å². The Morgan fingerprint density at radius 1 is 1.05 bits per heavy atom. The molecule has 0 bridgehead atoms. The predicted molar refractivity (Wildman–Crippen MR) is 94.8 cm³/mol. The van der Waals surface area contributed by atoms with Crippen LogP contribution in [0.25, 0.3) is 0 Å². The summed E-state index contributed by atoms with van der Waals surface area (Å²) in [5, 5.41) is 3.19. The van der Waals surface area contributed by atoms with Gasteiger partial charge in [0.1, 0.15) is 0 Å². The molecule has 1 heterocycles. The molecule has 0 aliphatic heterocycles. The van der Waals surface area contributed by atoms with Crippen LogP contribution in [-0.4, -0.2) is 12.0 Å². The Balaban J connectivity index is 0.000000567. The molecule has 21 heavy (non-hydrogen) atoms. The van der Waals surface area contributed by atoms with E-state index in [2.05, 4.69) is 31.1 Å². The van der Waals surface area contributed by atoms with E-state index in [4.69, 9.17) is 5.73 Å². The SMILES string of the molecule is CCCCCC.CCCCc1cnc(C)c(NC)c1CN. The van der Waals surface area contributed by atoms with Gasteiger partial charge in [-0.1, -0.05) is 52.9 Å². The van der Waals surface area contributed by atoms with Crippen molar-refractivity contribution in [3.8, 4) is 0 Å². The molecule has 0 aliphatic carbocycles. The van der Waals surface area contributed by atoms with Gasteiger partial charge in [-0.25, -0.2) is 0 Å². The summed E-state index contributed by atoms with van der Waals surface area (Å²) < 4.78 is 0. The number of anilines is 1. The van der Waals surface area contributed by atoms with Crippen LogP contribution < -0.4 is 11.1 Å².